The Kier molecular flexibility index (Phi) is 5.53. The average Bonchev–Trinajstić information content (AvgIpc) is 2.00. The zero-order chi connectivity index (χ0) is 9.56. The largest absolute Gasteiger partial charge is 0.469 e. The number of hydrogen-bond acceptors (Lipinski definition) is 3. The average molecular weight is 181 g/mol. The minimum absolute atomic E-state index is 0.114. The highest BCUT2D eigenvalue weighted by molar-refractivity contribution is 5.69. The number of rotatable bonds is 5. The third-order valence-electron chi connectivity index (χ3n) is 1.32. The van der Waals surface area contributed by atoms with Crippen LogP contribution in [0.2, 0.25) is 0 Å². The second kappa shape index (κ2) is 5.88. The van der Waals surface area contributed by atoms with Crippen LogP contribution in [0.3, 0.4) is 0 Å². The third-order valence-corrected chi connectivity index (χ3v) is 1.32. The fourth-order valence-electron chi connectivity index (χ4n) is 0.696. The first-order valence-electron chi connectivity index (χ1n) is 3.64. The van der Waals surface area contributed by atoms with E-state index in [0.29, 0.717) is 0 Å². The number of alkyl halides is 2. The van der Waals surface area contributed by atoms with Crippen molar-refractivity contribution in [2.24, 2.45) is 0 Å². The molecule has 0 rings (SSSR count). The summed E-state index contributed by atoms with van der Waals surface area (Å²) in [6.07, 6.45) is -2.27. The first-order valence-corrected chi connectivity index (χ1v) is 3.64. The molecule has 0 bridgehead atoms. The molecule has 5 heteroatoms. The van der Waals surface area contributed by atoms with Crippen molar-refractivity contribution in [3.05, 3.63) is 0 Å². The number of methoxy groups -OCH3 is 1. The quantitative estimate of drug-likeness (QED) is 0.637. The van der Waals surface area contributed by atoms with Gasteiger partial charge in [0.05, 0.1) is 20.1 Å². The lowest BCUT2D eigenvalue weighted by atomic mass is 10.2. The minimum atomic E-state index is -2.38. The van der Waals surface area contributed by atoms with Gasteiger partial charge in [0.2, 0.25) is 0 Å². The van der Waals surface area contributed by atoms with E-state index in [-0.39, 0.29) is 12.5 Å². The number of ether oxygens (including phenoxy) is 1. The van der Waals surface area contributed by atoms with Crippen molar-refractivity contribution in [1.29, 1.82) is 0 Å². The fourth-order valence-corrected chi connectivity index (χ4v) is 0.696. The van der Waals surface area contributed by atoms with Crippen molar-refractivity contribution in [2.45, 2.75) is 25.8 Å². The van der Waals surface area contributed by atoms with Crippen LogP contribution < -0.4 is 5.32 Å². The molecule has 0 aromatic carbocycles. The summed E-state index contributed by atoms with van der Waals surface area (Å²) in [4.78, 5) is 10.6. The molecule has 0 heterocycles. The van der Waals surface area contributed by atoms with Gasteiger partial charge in [-0.05, 0) is 6.92 Å². The number of hydrogen-bond donors (Lipinski definition) is 1. The summed E-state index contributed by atoms with van der Waals surface area (Å²) in [6.45, 7) is 1.26. The van der Waals surface area contributed by atoms with Gasteiger partial charge in [-0.25, -0.2) is 8.78 Å². The summed E-state index contributed by atoms with van der Waals surface area (Å²) in [5.74, 6) is -0.399. The van der Waals surface area contributed by atoms with Gasteiger partial charge < -0.3 is 10.1 Å². The van der Waals surface area contributed by atoms with E-state index in [2.05, 4.69) is 10.1 Å². The second-order valence-electron chi connectivity index (χ2n) is 2.48. The van der Waals surface area contributed by atoms with Gasteiger partial charge in [0, 0.05) is 6.04 Å². The molecule has 0 aliphatic rings. The van der Waals surface area contributed by atoms with Gasteiger partial charge >= 0.3 is 5.97 Å². The van der Waals surface area contributed by atoms with E-state index < -0.39 is 18.9 Å². The Hall–Kier alpha value is -0.710. The van der Waals surface area contributed by atoms with Crippen LogP contribution >= 0.6 is 0 Å². The smallest absolute Gasteiger partial charge is 0.307 e. The molecule has 72 valence electrons. The summed E-state index contributed by atoms with van der Waals surface area (Å²) < 4.78 is 27.6. The van der Waals surface area contributed by atoms with Gasteiger partial charge in [-0.1, -0.05) is 0 Å². The van der Waals surface area contributed by atoms with Crippen LogP contribution in [-0.4, -0.2) is 32.1 Å². The number of carbonyl (C=O) groups is 1. The summed E-state index contributed by atoms with van der Waals surface area (Å²) >= 11 is 0. The maximum absolute atomic E-state index is 11.6. The molecule has 0 aliphatic heterocycles. The van der Waals surface area contributed by atoms with Gasteiger partial charge in [-0.3, -0.25) is 4.79 Å². The molecule has 0 spiro atoms. The van der Waals surface area contributed by atoms with Gasteiger partial charge in [0.15, 0.2) is 0 Å². The molecule has 0 fully saturated rings. The SMILES string of the molecule is COC(=O)CC(C)NCC(F)F. The molecule has 0 aromatic rings. The molecule has 0 saturated heterocycles. The van der Waals surface area contributed by atoms with Gasteiger partial charge in [-0.15, -0.1) is 0 Å². The predicted molar refractivity (Wildman–Crippen MR) is 40.1 cm³/mol. The zero-order valence-corrected chi connectivity index (χ0v) is 7.14. The maximum Gasteiger partial charge on any atom is 0.307 e. The van der Waals surface area contributed by atoms with Crippen LogP contribution in [0.4, 0.5) is 8.78 Å². The molecule has 0 aliphatic carbocycles. The van der Waals surface area contributed by atoms with Crippen molar-refractivity contribution < 1.29 is 18.3 Å². The molecular weight excluding hydrogens is 168 g/mol. The third kappa shape index (κ3) is 6.03. The van der Waals surface area contributed by atoms with Crippen molar-refractivity contribution in [1.82, 2.24) is 5.32 Å². The molecule has 0 aromatic heterocycles. The summed E-state index contributed by atoms with van der Waals surface area (Å²) in [6, 6.07) is -0.272. The van der Waals surface area contributed by atoms with Crippen LogP contribution in [0.5, 0.6) is 0 Å². The van der Waals surface area contributed by atoms with Crippen LogP contribution in [0.25, 0.3) is 0 Å². The van der Waals surface area contributed by atoms with Crippen LogP contribution in [0.15, 0.2) is 0 Å². The molecule has 1 N–H and O–H groups in total. The number of nitrogens with one attached hydrogen (secondary N) is 1. The highest BCUT2D eigenvalue weighted by atomic mass is 19.3. The lowest BCUT2D eigenvalue weighted by Gasteiger charge is -2.11. The number of halogens is 2. The molecule has 3 nitrogen and oxygen atoms in total. The highest BCUT2D eigenvalue weighted by Crippen LogP contribution is 1.95. The standard InChI is InChI=1S/C7H13F2NO2/c1-5(3-7(11)12-2)10-4-6(8)9/h5-6,10H,3-4H2,1-2H3. The van der Waals surface area contributed by atoms with E-state index >= 15 is 0 Å². The molecule has 0 amide bonds. The maximum atomic E-state index is 11.6. The van der Waals surface area contributed by atoms with Gasteiger partial charge in [0.25, 0.3) is 6.43 Å². The molecule has 0 radical (unpaired) electrons. The Bertz CT molecular complexity index is 141. The van der Waals surface area contributed by atoms with Gasteiger partial charge in [0.1, 0.15) is 0 Å². The lowest BCUT2D eigenvalue weighted by molar-refractivity contribution is -0.141. The van der Waals surface area contributed by atoms with Crippen LogP contribution in [0.1, 0.15) is 13.3 Å². The topological polar surface area (TPSA) is 38.3 Å². The predicted octanol–water partition coefficient (Wildman–Crippen LogP) is 0.793. The molecule has 12 heavy (non-hydrogen) atoms. The zero-order valence-electron chi connectivity index (χ0n) is 7.14. The van der Waals surface area contributed by atoms with Crippen LogP contribution in [0, 0.1) is 0 Å². The highest BCUT2D eigenvalue weighted by Gasteiger charge is 2.10. The number of esters is 1. The fraction of sp³-hybridized carbons (Fsp3) is 0.857. The summed E-state index contributed by atoms with van der Waals surface area (Å²) in [7, 11) is 1.27. The first-order chi connectivity index (χ1) is 5.56. The minimum Gasteiger partial charge on any atom is -0.469 e. The second-order valence-corrected chi connectivity index (χ2v) is 2.48. The molecule has 0 saturated carbocycles. The van der Waals surface area contributed by atoms with Crippen molar-refractivity contribution >= 4 is 5.97 Å². The summed E-state index contributed by atoms with van der Waals surface area (Å²) in [5.41, 5.74) is 0. The Morgan fingerprint density at radius 2 is 2.17 bits per heavy atom. The van der Waals surface area contributed by atoms with E-state index in [1.54, 1.807) is 6.92 Å². The first kappa shape index (κ1) is 11.3. The number of carbonyl (C=O) groups excluding carboxylic acids is 1. The van der Waals surface area contributed by atoms with Crippen LogP contribution in [-0.2, 0) is 9.53 Å². The van der Waals surface area contributed by atoms with E-state index in [9.17, 15) is 13.6 Å². The molecule has 1 unspecified atom stereocenters. The van der Waals surface area contributed by atoms with Crippen molar-refractivity contribution in [3.8, 4) is 0 Å². The van der Waals surface area contributed by atoms with Gasteiger partial charge in [-0.2, -0.15) is 0 Å². The van der Waals surface area contributed by atoms with E-state index in [1.165, 1.54) is 7.11 Å². The molecular formula is C7H13F2NO2. The van der Waals surface area contributed by atoms with E-state index in [0.717, 1.165) is 0 Å². The van der Waals surface area contributed by atoms with E-state index in [1.807, 2.05) is 0 Å². The van der Waals surface area contributed by atoms with E-state index in [4.69, 9.17) is 0 Å². The van der Waals surface area contributed by atoms with Crippen molar-refractivity contribution in [2.75, 3.05) is 13.7 Å². The Balaban J connectivity index is 3.45. The lowest BCUT2D eigenvalue weighted by Crippen LogP contribution is -2.32. The Morgan fingerprint density at radius 1 is 1.58 bits per heavy atom. The normalized spacial score (nSPS) is 13.1. The monoisotopic (exact) mass is 181 g/mol. The Labute approximate surface area is 70.1 Å². The summed E-state index contributed by atoms with van der Waals surface area (Å²) in [5, 5.41) is 2.50. The molecule has 1 atom stereocenters. The Morgan fingerprint density at radius 3 is 2.58 bits per heavy atom. The van der Waals surface area contributed by atoms with Crippen molar-refractivity contribution in [3.63, 3.8) is 0 Å².